The molecule has 59 heavy (non-hydrogen) atoms. The number of aliphatic hydroxyl groups excluding tert-OH is 1. The molecule has 1 aromatic rings. The zero-order valence-electron chi connectivity index (χ0n) is 32.3. The predicted molar refractivity (Wildman–Crippen MR) is 179 cm³/mol. The minimum absolute atomic E-state index is 0.134. The van der Waals surface area contributed by atoms with Crippen LogP contribution in [-0.2, 0) is 18.7 Å². The van der Waals surface area contributed by atoms with Crippen LogP contribution >= 0.6 is 0 Å². The number of allylic oxidation sites excluding steroid dienone is 2. The van der Waals surface area contributed by atoms with Crippen molar-refractivity contribution in [3.63, 3.8) is 0 Å². The SMILES string of the molecule is CCOC(=O)/C=C/C=C(\C)[C@@H](OC)[C@H](O)c1ccc(OCCO[Si](CCC(F)(F)C(F)(F)C(F)(F)C(F)(F)C(F)(F)C(F)(F)C(F)(F)C(F)(F)F)(C(C)C)C(C)C)cc1. The molecule has 1 N–H and O–H groups in total. The van der Waals surface area contributed by atoms with Gasteiger partial charge in [0.25, 0.3) is 0 Å². The third kappa shape index (κ3) is 10.7. The smallest absolute Gasteiger partial charge is 0.460 e. The van der Waals surface area contributed by atoms with Gasteiger partial charge < -0.3 is 23.7 Å². The van der Waals surface area contributed by atoms with Gasteiger partial charge in [0.05, 0.1) is 13.2 Å². The van der Waals surface area contributed by atoms with Crippen molar-refractivity contribution in [2.75, 3.05) is 26.9 Å². The van der Waals surface area contributed by atoms with Crippen molar-refractivity contribution < 1.29 is 103 Å². The number of ether oxygens (including phenoxy) is 3. The average molecular weight is 911 g/mol. The highest BCUT2D eigenvalue weighted by Crippen LogP contribution is 2.64. The fourth-order valence-corrected chi connectivity index (χ4v) is 10.3. The Balaban J connectivity index is 3.22. The van der Waals surface area contributed by atoms with E-state index in [0.29, 0.717) is 11.1 Å². The number of alkyl halides is 17. The van der Waals surface area contributed by atoms with Crippen molar-refractivity contribution in [3.05, 3.63) is 53.6 Å². The molecule has 24 heteroatoms. The molecule has 0 aliphatic rings. The molecule has 0 heterocycles. The molecule has 0 amide bonds. The molecule has 0 bridgehead atoms. The summed E-state index contributed by atoms with van der Waals surface area (Å²) in [6.07, 6.45) is -8.45. The number of hydrogen-bond donors (Lipinski definition) is 1. The van der Waals surface area contributed by atoms with Crippen molar-refractivity contribution in [1.29, 1.82) is 0 Å². The lowest BCUT2D eigenvalue weighted by molar-refractivity contribution is -0.461. The molecule has 0 radical (unpaired) electrons. The van der Waals surface area contributed by atoms with Crippen molar-refractivity contribution in [3.8, 4) is 5.75 Å². The molecule has 0 aliphatic heterocycles. The van der Waals surface area contributed by atoms with Gasteiger partial charge in [0.1, 0.15) is 24.6 Å². The molecule has 0 aromatic heterocycles. The molecule has 342 valence electrons. The van der Waals surface area contributed by atoms with Crippen LogP contribution in [0, 0.1) is 0 Å². The monoisotopic (exact) mass is 910 g/mol. The van der Waals surface area contributed by atoms with E-state index >= 15 is 0 Å². The Hall–Kier alpha value is -3.12. The topological polar surface area (TPSA) is 74.2 Å². The highest BCUT2D eigenvalue weighted by Gasteiger charge is 2.95. The fourth-order valence-electron chi connectivity index (χ4n) is 5.81. The summed E-state index contributed by atoms with van der Waals surface area (Å²) in [6, 6.07) is 4.29. The summed E-state index contributed by atoms with van der Waals surface area (Å²) in [5.41, 5.74) is -0.901. The maximum absolute atomic E-state index is 14.9. The van der Waals surface area contributed by atoms with E-state index in [1.165, 1.54) is 71.2 Å². The van der Waals surface area contributed by atoms with E-state index < -0.39 is 111 Å². The first-order valence-electron chi connectivity index (χ1n) is 17.3. The van der Waals surface area contributed by atoms with E-state index in [1.54, 1.807) is 13.8 Å². The first-order chi connectivity index (χ1) is 26.5. The number of carbonyl (C=O) groups is 1. The van der Waals surface area contributed by atoms with Gasteiger partial charge in [0.2, 0.25) is 0 Å². The van der Waals surface area contributed by atoms with Gasteiger partial charge in [0.15, 0.2) is 8.32 Å². The zero-order chi connectivity index (χ0) is 46.4. The second-order valence-electron chi connectivity index (χ2n) is 13.8. The van der Waals surface area contributed by atoms with Crippen molar-refractivity contribution in [1.82, 2.24) is 0 Å². The first kappa shape index (κ1) is 53.9. The van der Waals surface area contributed by atoms with Crippen LogP contribution in [0.15, 0.2) is 48.1 Å². The minimum atomic E-state index is -8.69. The number of methoxy groups -OCH3 is 1. The molecule has 0 saturated heterocycles. The lowest BCUT2D eigenvalue weighted by Gasteiger charge is -2.44. The molecule has 6 nitrogen and oxygen atoms in total. The number of halogens is 17. The second-order valence-corrected chi connectivity index (χ2v) is 18.8. The van der Waals surface area contributed by atoms with Crippen LogP contribution in [-0.4, -0.2) is 100 Å². The van der Waals surface area contributed by atoms with Crippen LogP contribution in [0.4, 0.5) is 74.6 Å². The second kappa shape index (κ2) is 19.3. The van der Waals surface area contributed by atoms with E-state index in [1.807, 2.05) is 0 Å². The standard InChI is InChI=1S/C35H43F17O6Si/c1-8-56-25(53)11-9-10-22(6)27(55-7)26(54)23-12-14-24(15-13-23)57-17-18-58-59(20(2)3,21(4)5)19-16-28(36,37)29(38,39)30(40,41)31(42,43)32(44,45)33(46,47)34(48,49)35(50,51)52/h9-15,20-21,26-27,54H,8,16-19H2,1-7H3/b11-9+,22-10+/t26-,27-/m1/s1. The third-order valence-corrected chi connectivity index (χ3v) is 15.1. The van der Waals surface area contributed by atoms with Gasteiger partial charge in [-0.05, 0) is 54.2 Å². The van der Waals surface area contributed by atoms with Crippen LogP contribution in [0.25, 0.3) is 0 Å². The molecule has 0 saturated carbocycles. The summed E-state index contributed by atoms with van der Waals surface area (Å²) in [5, 5.41) is 10.9. The molecule has 2 atom stereocenters. The Morgan fingerprint density at radius 1 is 0.729 bits per heavy atom. The minimum Gasteiger partial charge on any atom is -0.491 e. The number of carbonyl (C=O) groups excluding carboxylic acids is 1. The summed E-state index contributed by atoms with van der Waals surface area (Å²) in [7, 11) is -2.65. The molecule has 1 aromatic carbocycles. The molecule has 0 spiro atoms. The average Bonchev–Trinajstić information content (AvgIpc) is 3.10. The Morgan fingerprint density at radius 3 is 1.61 bits per heavy atom. The lowest BCUT2D eigenvalue weighted by atomic mass is 9.88. The number of hydrogen-bond acceptors (Lipinski definition) is 6. The summed E-state index contributed by atoms with van der Waals surface area (Å²) in [6.45, 7) is 7.78. The summed E-state index contributed by atoms with van der Waals surface area (Å²) in [4.78, 5) is 11.5. The normalized spacial score (nSPS) is 15.9. The van der Waals surface area contributed by atoms with Crippen LogP contribution in [0.5, 0.6) is 5.75 Å². The van der Waals surface area contributed by atoms with Crippen LogP contribution in [0.3, 0.4) is 0 Å². The number of aliphatic hydroxyl groups is 1. The summed E-state index contributed by atoms with van der Waals surface area (Å²) >= 11 is 0. The molecule has 1 rings (SSSR count). The maximum Gasteiger partial charge on any atom is 0.460 e. The van der Waals surface area contributed by atoms with Crippen LogP contribution in [0.1, 0.15) is 59.6 Å². The zero-order valence-corrected chi connectivity index (χ0v) is 33.3. The van der Waals surface area contributed by atoms with E-state index in [4.69, 9.17) is 18.6 Å². The van der Waals surface area contributed by atoms with Gasteiger partial charge in [-0.25, -0.2) is 4.79 Å². The lowest BCUT2D eigenvalue weighted by Crippen LogP contribution is -2.74. The van der Waals surface area contributed by atoms with Crippen molar-refractivity contribution in [2.24, 2.45) is 0 Å². The molecule has 0 aliphatic carbocycles. The molecular formula is C35H43F17O6Si. The van der Waals surface area contributed by atoms with E-state index in [0.717, 1.165) is 6.08 Å². The van der Waals surface area contributed by atoms with Crippen LogP contribution < -0.4 is 4.74 Å². The number of benzene rings is 1. The van der Waals surface area contributed by atoms with Gasteiger partial charge in [-0.1, -0.05) is 52.0 Å². The maximum atomic E-state index is 14.9. The largest absolute Gasteiger partial charge is 0.491 e. The predicted octanol–water partition coefficient (Wildman–Crippen LogP) is 11.4. The summed E-state index contributed by atoms with van der Waals surface area (Å²) in [5.74, 6) is -57.2. The molecule has 0 fully saturated rings. The van der Waals surface area contributed by atoms with Crippen molar-refractivity contribution in [2.45, 2.75) is 125 Å². The number of rotatable bonds is 23. The highest BCUT2D eigenvalue weighted by atomic mass is 28.4. The Labute approximate surface area is 328 Å². The van der Waals surface area contributed by atoms with E-state index in [2.05, 4.69) is 0 Å². The quantitative estimate of drug-likeness (QED) is 0.0294. The first-order valence-corrected chi connectivity index (χ1v) is 19.6. The van der Waals surface area contributed by atoms with Gasteiger partial charge >= 0.3 is 53.6 Å². The Bertz CT molecular complexity index is 1570. The van der Waals surface area contributed by atoms with E-state index in [-0.39, 0.29) is 12.4 Å². The van der Waals surface area contributed by atoms with Crippen molar-refractivity contribution >= 4 is 14.3 Å². The van der Waals surface area contributed by atoms with Gasteiger partial charge in [-0.15, -0.1) is 0 Å². The highest BCUT2D eigenvalue weighted by molar-refractivity contribution is 6.76. The molecule has 0 unspecified atom stereocenters. The van der Waals surface area contributed by atoms with E-state index in [9.17, 15) is 84.5 Å². The molecular weight excluding hydrogens is 867 g/mol. The van der Waals surface area contributed by atoms with Gasteiger partial charge in [-0.3, -0.25) is 0 Å². The Morgan fingerprint density at radius 2 is 1.19 bits per heavy atom. The van der Waals surface area contributed by atoms with Gasteiger partial charge in [0, 0.05) is 19.6 Å². The number of esters is 1. The fraction of sp³-hybridized carbons (Fsp3) is 0.686. The Kier molecular flexibility index (Phi) is 17.6. The van der Waals surface area contributed by atoms with Gasteiger partial charge in [-0.2, -0.15) is 74.6 Å². The van der Waals surface area contributed by atoms with Crippen LogP contribution in [0.2, 0.25) is 17.1 Å². The summed E-state index contributed by atoms with van der Waals surface area (Å²) < 4.78 is 256. The third-order valence-electron chi connectivity index (χ3n) is 9.38.